The zero-order valence-corrected chi connectivity index (χ0v) is 5.39. The smallest absolute Gasteiger partial charge is 0.186 e. The van der Waals surface area contributed by atoms with Crippen molar-refractivity contribution in [3.8, 4) is 0 Å². The first-order valence-electron chi connectivity index (χ1n) is 2.41. The average Bonchev–Trinajstić information content (AvgIpc) is 1.90. The summed E-state index contributed by atoms with van der Waals surface area (Å²) in [4.78, 5) is 2.83. The van der Waals surface area contributed by atoms with Gasteiger partial charge in [0.1, 0.15) is 0 Å². The van der Waals surface area contributed by atoms with Gasteiger partial charge in [-0.3, -0.25) is 0 Å². The van der Waals surface area contributed by atoms with Crippen molar-refractivity contribution in [2.24, 2.45) is 0 Å². The predicted octanol–water partition coefficient (Wildman–Crippen LogP) is 1.18. The van der Waals surface area contributed by atoms with Gasteiger partial charge in [0.25, 0.3) is 0 Å². The number of para-hydroxylation sites is 1. The van der Waals surface area contributed by atoms with E-state index in [9.17, 15) is 0 Å². The summed E-state index contributed by atoms with van der Waals surface area (Å²) in [6.45, 7) is 0. The lowest BCUT2D eigenvalue weighted by atomic mass is 10.3. The fourth-order valence-corrected chi connectivity index (χ4v) is 0.688. The van der Waals surface area contributed by atoms with Crippen LogP contribution in [0.4, 0.5) is 5.69 Å². The highest BCUT2D eigenvalue weighted by molar-refractivity contribution is 6.15. The van der Waals surface area contributed by atoms with Gasteiger partial charge < -0.3 is 4.98 Å². The molecule has 0 bridgehead atoms. The number of hydrogen-bond donors (Lipinski definition) is 1. The molecule has 1 aromatic carbocycles. The van der Waals surface area contributed by atoms with Crippen LogP contribution in [-0.4, -0.2) is 10.4 Å². The summed E-state index contributed by atoms with van der Waals surface area (Å²) in [5, 5.41) is 0. The Labute approximate surface area is 52.2 Å². The molecule has 0 saturated heterocycles. The molecule has 0 aromatic heterocycles. The summed E-state index contributed by atoms with van der Waals surface area (Å²) < 4.78 is 0. The molecule has 0 fully saturated rings. The summed E-state index contributed by atoms with van der Waals surface area (Å²) in [7, 11) is 3.15. The molecule has 1 rings (SSSR count). The predicted molar refractivity (Wildman–Crippen MR) is 35.8 cm³/mol. The van der Waals surface area contributed by atoms with Crippen LogP contribution in [-0.2, 0) is 0 Å². The Bertz CT molecular complexity index is 150. The maximum atomic E-state index is 3.15. The van der Waals surface area contributed by atoms with Crippen LogP contribution in [0.1, 0.15) is 0 Å². The van der Waals surface area contributed by atoms with Crippen LogP contribution in [0.3, 0.4) is 0 Å². The monoisotopic (exact) mass is 120 g/mol. The second-order valence-corrected chi connectivity index (χ2v) is 1.74. The topological polar surface area (TPSA) is 12.0 Å². The second kappa shape index (κ2) is 2.52. The van der Waals surface area contributed by atoms with Crippen LogP contribution >= 0.6 is 0 Å². The third-order valence-corrected chi connectivity index (χ3v) is 1.21. The van der Waals surface area contributed by atoms with E-state index in [0.717, 1.165) is 5.69 Å². The molecule has 0 saturated carbocycles. The van der Waals surface area contributed by atoms with Gasteiger partial charge in [-0.15, -0.1) is 0 Å². The summed E-state index contributed by atoms with van der Waals surface area (Å²) in [5.74, 6) is 0. The Hall–Kier alpha value is -0.763. The maximum Gasteiger partial charge on any atom is 0.186 e. The molecule has 1 aromatic rings. The quantitative estimate of drug-likeness (QED) is 0.549. The zero-order chi connectivity index (χ0) is 5.82. The van der Waals surface area contributed by atoms with Crippen molar-refractivity contribution in [2.45, 2.75) is 0 Å². The van der Waals surface area contributed by atoms with Gasteiger partial charge in [-0.1, -0.05) is 18.2 Å². The molecule has 0 aliphatic carbocycles. The number of benzene rings is 1. The molecule has 2 heteroatoms. The molecule has 0 unspecified atom stereocenters. The number of anilines is 1. The van der Waals surface area contributed by atoms with Gasteiger partial charge in [0.15, 0.2) is 10.4 Å². The van der Waals surface area contributed by atoms with E-state index >= 15 is 0 Å². The van der Waals surface area contributed by atoms with Crippen LogP contribution in [0.25, 0.3) is 0 Å². The van der Waals surface area contributed by atoms with Crippen molar-refractivity contribution in [1.82, 2.24) is 0 Å². The van der Waals surface area contributed by atoms with Crippen molar-refractivity contribution < 1.29 is 0 Å². The van der Waals surface area contributed by atoms with Gasteiger partial charge in [0.2, 0.25) is 0 Å². The largest absolute Gasteiger partial charge is 0.413 e. The van der Waals surface area contributed by atoms with E-state index in [1.165, 1.54) is 0 Å². The second-order valence-electron chi connectivity index (χ2n) is 1.49. The molecule has 0 aliphatic heterocycles. The van der Waals surface area contributed by atoms with Crippen molar-refractivity contribution >= 4 is 16.1 Å². The third-order valence-electron chi connectivity index (χ3n) is 0.918. The normalized spacial score (nSPS) is 8.62. The van der Waals surface area contributed by atoms with Crippen LogP contribution in [0, 0.1) is 0 Å². The molecule has 1 nitrogen and oxygen atoms in total. The Kier molecular flexibility index (Phi) is 1.69. The number of nitrogens with one attached hydrogen (secondary N) is 1. The molecule has 0 atom stereocenters. The number of rotatable bonds is 1. The van der Waals surface area contributed by atoms with E-state index in [1.54, 1.807) is 0 Å². The molecule has 39 valence electrons. The number of hydrogen-bond acceptors (Lipinski definition) is 1. The standard InChI is InChI=1S/C6H6NSi/c8-7-6-4-2-1-3-5-6/h1-5,7H. The minimum absolute atomic E-state index is 1.07. The van der Waals surface area contributed by atoms with E-state index in [1.807, 2.05) is 30.3 Å². The van der Waals surface area contributed by atoms with E-state index in [2.05, 4.69) is 15.4 Å². The van der Waals surface area contributed by atoms with Crippen molar-refractivity contribution in [1.29, 1.82) is 0 Å². The first-order chi connectivity index (χ1) is 3.93. The van der Waals surface area contributed by atoms with E-state index in [4.69, 9.17) is 0 Å². The lowest BCUT2D eigenvalue weighted by Gasteiger charge is -1.93. The van der Waals surface area contributed by atoms with E-state index < -0.39 is 0 Å². The van der Waals surface area contributed by atoms with Gasteiger partial charge in [-0.2, -0.15) is 0 Å². The third kappa shape index (κ3) is 1.10. The molecule has 0 amide bonds. The fourth-order valence-electron chi connectivity index (χ4n) is 0.521. The van der Waals surface area contributed by atoms with E-state index in [0.29, 0.717) is 0 Å². The first-order valence-corrected chi connectivity index (χ1v) is 2.91. The Morgan fingerprint density at radius 1 is 1.12 bits per heavy atom. The van der Waals surface area contributed by atoms with Crippen LogP contribution in [0.15, 0.2) is 30.3 Å². The minimum atomic E-state index is 1.07. The Morgan fingerprint density at radius 3 is 2.12 bits per heavy atom. The van der Waals surface area contributed by atoms with E-state index in [-0.39, 0.29) is 0 Å². The summed E-state index contributed by atoms with van der Waals surface area (Å²) in [5.41, 5.74) is 1.07. The van der Waals surface area contributed by atoms with Gasteiger partial charge in [0.05, 0.1) is 0 Å². The summed E-state index contributed by atoms with van der Waals surface area (Å²) in [6, 6.07) is 9.89. The van der Waals surface area contributed by atoms with Gasteiger partial charge in [-0.05, 0) is 12.1 Å². The van der Waals surface area contributed by atoms with Crippen LogP contribution < -0.4 is 4.98 Å². The van der Waals surface area contributed by atoms with Crippen molar-refractivity contribution in [2.75, 3.05) is 4.98 Å². The van der Waals surface area contributed by atoms with Gasteiger partial charge >= 0.3 is 0 Å². The molecular formula is C6H6NSi. The van der Waals surface area contributed by atoms with Gasteiger partial charge in [0, 0.05) is 5.69 Å². The highest BCUT2D eigenvalue weighted by atomic mass is 28.2. The molecule has 0 aliphatic rings. The molecule has 1 N–H and O–H groups in total. The summed E-state index contributed by atoms with van der Waals surface area (Å²) >= 11 is 0. The minimum Gasteiger partial charge on any atom is -0.413 e. The molecular weight excluding hydrogens is 114 g/mol. The lowest BCUT2D eigenvalue weighted by molar-refractivity contribution is 1.68. The van der Waals surface area contributed by atoms with Gasteiger partial charge in [-0.25, -0.2) is 0 Å². The highest BCUT2D eigenvalue weighted by Gasteiger charge is 1.78. The maximum absolute atomic E-state index is 3.15. The molecule has 0 heterocycles. The van der Waals surface area contributed by atoms with Crippen LogP contribution in [0.5, 0.6) is 0 Å². The van der Waals surface area contributed by atoms with Crippen molar-refractivity contribution in [3.63, 3.8) is 0 Å². The molecule has 3 radical (unpaired) electrons. The first kappa shape index (κ1) is 5.38. The SMILES string of the molecule is [Si]Nc1ccccc1. The summed E-state index contributed by atoms with van der Waals surface area (Å²) in [6.07, 6.45) is 0. The molecule has 8 heavy (non-hydrogen) atoms. The highest BCUT2D eigenvalue weighted by Crippen LogP contribution is 2.01. The fraction of sp³-hybridized carbons (Fsp3) is 0. The average molecular weight is 120 g/mol. The van der Waals surface area contributed by atoms with Crippen LogP contribution in [0.2, 0.25) is 0 Å². The van der Waals surface area contributed by atoms with Crippen molar-refractivity contribution in [3.05, 3.63) is 30.3 Å². The Balaban J connectivity index is 2.83. The zero-order valence-electron chi connectivity index (χ0n) is 4.39. The molecule has 0 spiro atoms. The Morgan fingerprint density at radius 2 is 1.75 bits per heavy atom. The lowest BCUT2D eigenvalue weighted by Crippen LogP contribution is -1.87.